The molecule has 1 N–H and O–H groups in total. The minimum atomic E-state index is -0.444. The lowest BCUT2D eigenvalue weighted by atomic mass is 10.0. The summed E-state index contributed by atoms with van der Waals surface area (Å²) in [6.45, 7) is 10.8. The van der Waals surface area contributed by atoms with Gasteiger partial charge < -0.3 is 19.6 Å². The predicted octanol–water partition coefficient (Wildman–Crippen LogP) is 3.47. The van der Waals surface area contributed by atoms with E-state index < -0.39 is 6.10 Å². The number of aliphatic hydroxyl groups is 1. The van der Waals surface area contributed by atoms with E-state index in [2.05, 4.69) is 46.9 Å². The molecule has 1 atom stereocenters. The minimum absolute atomic E-state index is 0.356. The van der Waals surface area contributed by atoms with Gasteiger partial charge in [0.2, 0.25) is 0 Å². The van der Waals surface area contributed by atoms with Crippen molar-refractivity contribution < 1.29 is 9.84 Å². The van der Waals surface area contributed by atoms with Gasteiger partial charge in [0.25, 0.3) is 0 Å². The number of β-amino-alcohol motifs (C(OH)–C–C–N with tert-alkyl or cyclic N) is 1. The lowest BCUT2D eigenvalue weighted by Crippen LogP contribution is -2.49. The molecule has 1 aliphatic heterocycles. The molecule has 1 aliphatic carbocycles. The van der Waals surface area contributed by atoms with E-state index in [1.807, 2.05) is 6.07 Å². The van der Waals surface area contributed by atoms with Gasteiger partial charge >= 0.3 is 0 Å². The second kappa shape index (κ2) is 12.7. The van der Waals surface area contributed by atoms with Crippen molar-refractivity contribution in [1.82, 2.24) is 14.7 Å². The third-order valence-electron chi connectivity index (χ3n) is 6.80. The van der Waals surface area contributed by atoms with Gasteiger partial charge in [-0.25, -0.2) is 0 Å². The fourth-order valence-corrected chi connectivity index (χ4v) is 4.90. The van der Waals surface area contributed by atoms with E-state index in [1.54, 1.807) is 0 Å². The second-order valence-electron chi connectivity index (χ2n) is 9.38. The zero-order valence-electron chi connectivity index (χ0n) is 19.3. The predicted molar refractivity (Wildman–Crippen MR) is 124 cm³/mol. The van der Waals surface area contributed by atoms with Gasteiger partial charge in [0, 0.05) is 39.3 Å². The zero-order chi connectivity index (χ0) is 21.2. The molecular formula is C25H43N3O2. The van der Waals surface area contributed by atoms with Gasteiger partial charge in [-0.3, -0.25) is 4.90 Å². The standard InChI is InChI=1S/C25H43N3O2/c1-3-27-14-16-28(17-15-27)20-24(29)21-30-25-12-6-10-23(18-25)19-26(2)13-7-11-22-8-4-5-9-22/h6,10,12,18,22,24,29H,3-5,7-9,11,13-17,19-21H2,1-2H3. The summed E-state index contributed by atoms with van der Waals surface area (Å²) in [7, 11) is 2.21. The first-order chi connectivity index (χ1) is 14.6. The quantitative estimate of drug-likeness (QED) is 0.564. The van der Waals surface area contributed by atoms with Gasteiger partial charge in [-0.05, 0) is 56.6 Å². The number of aliphatic hydroxyl groups excluding tert-OH is 1. The first-order valence-electron chi connectivity index (χ1n) is 12.2. The average Bonchev–Trinajstić information content (AvgIpc) is 3.27. The van der Waals surface area contributed by atoms with E-state index in [4.69, 9.17) is 4.74 Å². The highest BCUT2D eigenvalue weighted by Crippen LogP contribution is 2.28. The van der Waals surface area contributed by atoms with E-state index in [0.29, 0.717) is 13.2 Å². The minimum Gasteiger partial charge on any atom is -0.491 e. The van der Waals surface area contributed by atoms with Crippen LogP contribution >= 0.6 is 0 Å². The maximum absolute atomic E-state index is 10.4. The van der Waals surface area contributed by atoms with E-state index >= 15 is 0 Å². The summed E-state index contributed by atoms with van der Waals surface area (Å²) in [5, 5.41) is 10.4. The lowest BCUT2D eigenvalue weighted by molar-refractivity contribution is 0.0470. The average molecular weight is 418 g/mol. The molecule has 1 aromatic carbocycles. The van der Waals surface area contributed by atoms with Crippen molar-refractivity contribution in [3.8, 4) is 5.75 Å². The van der Waals surface area contributed by atoms with Crippen molar-refractivity contribution in [2.24, 2.45) is 5.92 Å². The van der Waals surface area contributed by atoms with Crippen LogP contribution in [0.1, 0.15) is 51.0 Å². The molecule has 5 heteroatoms. The summed E-state index contributed by atoms with van der Waals surface area (Å²) in [5.41, 5.74) is 1.28. The Morgan fingerprint density at radius 1 is 1.13 bits per heavy atom. The topological polar surface area (TPSA) is 39.2 Å². The van der Waals surface area contributed by atoms with Crippen LogP contribution in [0.4, 0.5) is 0 Å². The van der Waals surface area contributed by atoms with Crippen molar-refractivity contribution in [2.45, 2.75) is 58.1 Å². The molecule has 0 spiro atoms. The number of hydrogen-bond acceptors (Lipinski definition) is 5. The van der Waals surface area contributed by atoms with Crippen LogP contribution in [-0.4, -0.2) is 85.4 Å². The molecular weight excluding hydrogens is 374 g/mol. The lowest BCUT2D eigenvalue weighted by Gasteiger charge is -2.34. The largest absolute Gasteiger partial charge is 0.491 e. The van der Waals surface area contributed by atoms with E-state index in [-0.39, 0.29) is 0 Å². The molecule has 0 bridgehead atoms. The van der Waals surface area contributed by atoms with Gasteiger partial charge in [-0.1, -0.05) is 44.7 Å². The molecule has 1 unspecified atom stereocenters. The number of hydrogen-bond donors (Lipinski definition) is 1. The molecule has 1 aromatic rings. The monoisotopic (exact) mass is 417 g/mol. The Kier molecular flexibility index (Phi) is 9.92. The Hall–Kier alpha value is -1.14. The van der Waals surface area contributed by atoms with Gasteiger partial charge in [0.15, 0.2) is 0 Å². The second-order valence-corrected chi connectivity index (χ2v) is 9.38. The van der Waals surface area contributed by atoms with Crippen LogP contribution in [0.2, 0.25) is 0 Å². The number of rotatable bonds is 12. The van der Waals surface area contributed by atoms with Crippen LogP contribution in [0, 0.1) is 5.92 Å². The molecule has 170 valence electrons. The van der Waals surface area contributed by atoms with Gasteiger partial charge in [0.1, 0.15) is 18.5 Å². The summed E-state index contributed by atoms with van der Waals surface area (Å²) in [5.74, 6) is 1.85. The fourth-order valence-electron chi connectivity index (χ4n) is 4.90. The zero-order valence-corrected chi connectivity index (χ0v) is 19.3. The number of piperazine rings is 1. The molecule has 3 rings (SSSR count). The maximum atomic E-state index is 10.4. The highest BCUT2D eigenvalue weighted by molar-refractivity contribution is 5.28. The van der Waals surface area contributed by atoms with Crippen molar-refractivity contribution in [3.05, 3.63) is 29.8 Å². The Morgan fingerprint density at radius 2 is 1.87 bits per heavy atom. The summed E-state index contributed by atoms with van der Waals surface area (Å²) in [6.07, 6.45) is 8.03. The molecule has 0 radical (unpaired) electrons. The van der Waals surface area contributed by atoms with Gasteiger partial charge in [0.05, 0.1) is 0 Å². The molecule has 1 heterocycles. The number of nitrogens with zero attached hydrogens (tertiary/aromatic N) is 3. The normalized spacial score (nSPS) is 20.1. The molecule has 1 saturated heterocycles. The molecule has 0 amide bonds. The molecule has 2 aliphatic rings. The third kappa shape index (κ3) is 8.18. The smallest absolute Gasteiger partial charge is 0.119 e. The van der Waals surface area contributed by atoms with Crippen LogP contribution in [0.3, 0.4) is 0 Å². The molecule has 30 heavy (non-hydrogen) atoms. The highest BCUT2D eigenvalue weighted by Gasteiger charge is 2.18. The Bertz CT molecular complexity index is 598. The van der Waals surface area contributed by atoms with Crippen LogP contribution in [0.25, 0.3) is 0 Å². The molecule has 0 aromatic heterocycles. The van der Waals surface area contributed by atoms with Crippen molar-refractivity contribution in [2.75, 3.05) is 59.5 Å². The number of likely N-dealkylation sites (N-methyl/N-ethyl adjacent to an activating group) is 1. The summed E-state index contributed by atoms with van der Waals surface area (Å²) < 4.78 is 5.92. The first-order valence-corrected chi connectivity index (χ1v) is 12.2. The van der Waals surface area contributed by atoms with E-state index in [9.17, 15) is 5.11 Å². The van der Waals surface area contributed by atoms with Crippen LogP contribution in [0.15, 0.2) is 24.3 Å². The van der Waals surface area contributed by atoms with Crippen molar-refractivity contribution in [3.63, 3.8) is 0 Å². The van der Waals surface area contributed by atoms with Crippen molar-refractivity contribution >= 4 is 0 Å². The van der Waals surface area contributed by atoms with Crippen LogP contribution in [0.5, 0.6) is 5.75 Å². The third-order valence-corrected chi connectivity index (χ3v) is 6.80. The Morgan fingerprint density at radius 3 is 2.60 bits per heavy atom. The fraction of sp³-hybridized carbons (Fsp3) is 0.760. The maximum Gasteiger partial charge on any atom is 0.119 e. The summed E-state index contributed by atoms with van der Waals surface area (Å²) in [4.78, 5) is 7.21. The van der Waals surface area contributed by atoms with Gasteiger partial charge in [-0.2, -0.15) is 0 Å². The SMILES string of the molecule is CCN1CCN(CC(O)COc2cccc(CN(C)CCCC3CCCC3)c2)CC1. The Balaban J connectivity index is 1.34. The molecule has 2 fully saturated rings. The molecule has 5 nitrogen and oxygen atoms in total. The van der Waals surface area contributed by atoms with Crippen LogP contribution in [-0.2, 0) is 6.54 Å². The Labute approximate surface area is 184 Å². The number of ether oxygens (including phenoxy) is 1. The van der Waals surface area contributed by atoms with E-state index in [0.717, 1.165) is 57.5 Å². The van der Waals surface area contributed by atoms with Crippen molar-refractivity contribution in [1.29, 1.82) is 0 Å². The first kappa shape index (κ1) is 23.5. The molecule has 1 saturated carbocycles. The van der Waals surface area contributed by atoms with E-state index in [1.165, 1.54) is 44.1 Å². The summed E-state index contributed by atoms with van der Waals surface area (Å²) >= 11 is 0. The van der Waals surface area contributed by atoms with Crippen LogP contribution < -0.4 is 4.74 Å². The summed E-state index contributed by atoms with van der Waals surface area (Å²) in [6, 6.07) is 8.36. The number of benzene rings is 1. The highest BCUT2D eigenvalue weighted by atomic mass is 16.5. The van der Waals surface area contributed by atoms with Gasteiger partial charge in [-0.15, -0.1) is 0 Å².